The van der Waals surface area contributed by atoms with E-state index in [1.54, 1.807) is 18.2 Å². The van der Waals surface area contributed by atoms with Crippen LogP contribution in [0.2, 0.25) is 5.02 Å². The van der Waals surface area contributed by atoms with Crippen LogP contribution in [0, 0.1) is 0 Å². The molecule has 0 fully saturated rings. The van der Waals surface area contributed by atoms with Crippen molar-refractivity contribution < 1.29 is 14.3 Å². The molecule has 16 heavy (non-hydrogen) atoms. The molecule has 0 aliphatic heterocycles. The Morgan fingerprint density at radius 3 is 2.75 bits per heavy atom. The van der Waals surface area contributed by atoms with Crippen LogP contribution in [0.25, 0.3) is 0 Å². The number of carbonyl (C=O) groups is 1. The molecule has 0 amide bonds. The number of rotatable bonds is 4. The second kappa shape index (κ2) is 5.72. The van der Waals surface area contributed by atoms with Crippen molar-refractivity contribution in [2.45, 2.75) is 12.5 Å². The molecule has 1 aromatic rings. The summed E-state index contributed by atoms with van der Waals surface area (Å²) in [7, 11) is 2.84. The van der Waals surface area contributed by atoms with Crippen LogP contribution in [0.4, 0.5) is 0 Å². The lowest BCUT2D eigenvalue weighted by molar-refractivity contribution is -0.142. The first-order valence-corrected chi connectivity index (χ1v) is 5.12. The first-order valence-electron chi connectivity index (χ1n) is 4.74. The number of hydrogen-bond donors (Lipinski definition) is 1. The van der Waals surface area contributed by atoms with E-state index in [0.29, 0.717) is 17.2 Å². The van der Waals surface area contributed by atoms with E-state index in [0.717, 1.165) is 5.56 Å². The van der Waals surface area contributed by atoms with E-state index in [1.165, 1.54) is 14.2 Å². The molecule has 1 rings (SSSR count). The summed E-state index contributed by atoms with van der Waals surface area (Å²) in [5, 5.41) is 0.526. The Morgan fingerprint density at radius 2 is 2.19 bits per heavy atom. The molecular weight excluding hydrogens is 230 g/mol. The Labute approximate surface area is 99.3 Å². The van der Waals surface area contributed by atoms with Gasteiger partial charge in [-0.15, -0.1) is 0 Å². The van der Waals surface area contributed by atoms with Gasteiger partial charge in [0, 0.05) is 0 Å². The fraction of sp³-hybridized carbons (Fsp3) is 0.364. The molecule has 0 bridgehead atoms. The molecule has 0 unspecified atom stereocenters. The average Bonchev–Trinajstić information content (AvgIpc) is 2.30. The maximum Gasteiger partial charge on any atom is 0.322 e. The SMILES string of the molecule is COC(=O)[C@H](N)Cc1ccc(Cl)c(OC)c1. The van der Waals surface area contributed by atoms with E-state index >= 15 is 0 Å². The predicted octanol–water partition coefficient (Wildman–Crippen LogP) is 1.39. The number of benzene rings is 1. The topological polar surface area (TPSA) is 61.5 Å². The molecule has 88 valence electrons. The van der Waals surface area contributed by atoms with Crippen LogP contribution in [0.5, 0.6) is 5.75 Å². The van der Waals surface area contributed by atoms with Gasteiger partial charge in [-0.25, -0.2) is 0 Å². The summed E-state index contributed by atoms with van der Waals surface area (Å²) in [6.45, 7) is 0. The van der Waals surface area contributed by atoms with Gasteiger partial charge in [-0.05, 0) is 24.1 Å². The zero-order valence-corrected chi connectivity index (χ0v) is 9.95. The van der Waals surface area contributed by atoms with Crippen LogP contribution in [0.1, 0.15) is 5.56 Å². The summed E-state index contributed by atoms with van der Waals surface area (Å²) in [4.78, 5) is 11.1. The first-order chi connectivity index (χ1) is 7.58. The van der Waals surface area contributed by atoms with Gasteiger partial charge in [0.15, 0.2) is 0 Å². The molecule has 0 spiro atoms. The van der Waals surface area contributed by atoms with Gasteiger partial charge in [-0.1, -0.05) is 17.7 Å². The van der Waals surface area contributed by atoms with E-state index in [2.05, 4.69) is 4.74 Å². The maximum atomic E-state index is 11.1. The Balaban J connectivity index is 2.78. The molecule has 4 nitrogen and oxygen atoms in total. The molecule has 0 aliphatic rings. The van der Waals surface area contributed by atoms with Gasteiger partial charge in [-0.3, -0.25) is 4.79 Å². The molecule has 1 aromatic carbocycles. The number of hydrogen-bond acceptors (Lipinski definition) is 4. The van der Waals surface area contributed by atoms with Gasteiger partial charge in [0.2, 0.25) is 0 Å². The van der Waals surface area contributed by atoms with Crippen molar-refractivity contribution in [2.75, 3.05) is 14.2 Å². The molecule has 5 heteroatoms. The lowest BCUT2D eigenvalue weighted by Gasteiger charge is -2.10. The molecular formula is C11H14ClNO3. The molecule has 2 N–H and O–H groups in total. The highest BCUT2D eigenvalue weighted by Crippen LogP contribution is 2.25. The zero-order valence-electron chi connectivity index (χ0n) is 9.20. The Bertz CT molecular complexity index is 381. The van der Waals surface area contributed by atoms with Crippen LogP contribution < -0.4 is 10.5 Å². The highest BCUT2D eigenvalue weighted by molar-refractivity contribution is 6.32. The standard InChI is InChI=1S/C11H14ClNO3/c1-15-10-6-7(3-4-8(10)12)5-9(13)11(14)16-2/h3-4,6,9H,5,13H2,1-2H3/t9-/m1/s1. The summed E-state index contributed by atoms with van der Waals surface area (Å²) in [6.07, 6.45) is 0.389. The lowest BCUT2D eigenvalue weighted by Crippen LogP contribution is -2.33. The number of nitrogens with two attached hydrogens (primary N) is 1. The van der Waals surface area contributed by atoms with E-state index in [9.17, 15) is 4.79 Å². The van der Waals surface area contributed by atoms with Crippen LogP contribution >= 0.6 is 11.6 Å². The summed E-state index contributed by atoms with van der Waals surface area (Å²) < 4.78 is 9.61. The minimum absolute atomic E-state index is 0.389. The van der Waals surface area contributed by atoms with Crippen LogP contribution in [0.3, 0.4) is 0 Å². The maximum absolute atomic E-state index is 11.1. The third kappa shape index (κ3) is 3.12. The van der Waals surface area contributed by atoms with Gasteiger partial charge < -0.3 is 15.2 Å². The highest BCUT2D eigenvalue weighted by atomic mass is 35.5. The Kier molecular flexibility index (Phi) is 4.58. The molecule has 0 heterocycles. The molecule has 0 saturated heterocycles. The van der Waals surface area contributed by atoms with Crippen molar-refractivity contribution in [3.63, 3.8) is 0 Å². The Morgan fingerprint density at radius 1 is 1.50 bits per heavy atom. The summed E-state index contributed by atoms with van der Waals surface area (Å²) in [5.74, 6) is 0.130. The first kappa shape index (κ1) is 12.8. The average molecular weight is 244 g/mol. The van der Waals surface area contributed by atoms with Gasteiger partial charge in [-0.2, -0.15) is 0 Å². The van der Waals surface area contributed by atoms with Gasteiger partial charge in [0.1, 0.15) is 11.8 Å². The number of esters is 1. The number of halogens is 1. The van der Waals surface area contributed by atoms with Crippen LogP contribution in [-0.2, 0) is 16.0 Å². The van der Waals surface area contributed by atoms with Crippen molar-refractivity contribution >= 4 is 17.6 Å². The summed E-state index contributed by atoms with van der Waals surface area (Å²) in [6, 6.07) is 4.59. The summed E-state index contributed by atoms with van der Waals surface area (Å²) >= 11 is 5.87. The molecule has 0 radical (unpaired) electrons. The normalized spacial score (nSPS) is 12.0. The molecule has 0 saturated carbocycles. The van der Waals surface area contributed by atoms with Crippen molar-refractivity contribution in [1.82, 2.24) is 0 Å². The molecule has 1 atom stereocenters. The minimum atomic E-state index is -0.670. The largest absolute Gasteiger partial charge is 0.495 e. The number of carbonyl (C=O) groups excluding carboxylic acids is 1. The van der Waals surface area contributed by atoms with Crippen LogP contribution in [0.15, 0.2) is 18.2 Å². The van der Waals surface area contributed by atoms with E-state index in [1.807, 2.05) is 0 Å². The highest BCUT2D eigenvalue weighted by Gasteiger charge is 2.14. The van der Waals surface area contributed by atoms with Gasteiger partial charge in [0.05, 0.1) is 19.2 Å². The Hall–Kier alpha value is -1.26. The minimum Gasteiger partial charge on any atom is -0.495 e. The van der Waals surface area contributed by atoms with Gasteiger partial charge in [0.25, 0.3) is 0 Å². The van der Waals surface area contributed by atoms with E-state index in [4.69, 9.17) is 22.1 Å². The second-order valence-electron chi connectivity index (χ2n) is 3.30. The monoisotopic (exact) mass is 243 g/mol. The quantitative estimate of drug-likeness (QED) is 0.812. The lowest BCUT2D eigenvalue weighted by atomic mass is 10.1. The number of ether oxygens (including phenoxy) is 2. The zero-order chi connectivity index (χ0) is 12.1. The van der Waals surface area contributed by atoms with E-state index in [-0.39, 0.29) is 0 Å². The summed E-state index contributed by atoms with van der Waals surface area (Å²) in [5.41, 5.74) is 6.52. The smallest absolute Gasteiger partial charge is 0.322 e. The van der Waals surface area contributed by atoms with E-state index < -0.39 is 12.0 Å². The predicted molar refractivity (Wildman–Crippen MR) is 61.7 cm³/mol. The van der Waals surface area contributed by atoms with Crippen molar-refractivity contribution in [1.29, 1.82) is 0 Å². The van der Waals surface area contributed by atoms with Crippen molar-refractivity contribution in [3.8, 4) is 5.75 Å². The molecule has 0 aromatic heterocycles. The number of methoxy groups -OCH3 is 2. The second-order valence-corrected chi connectivity index (χ2v) is 3.71. The third-order valence-electron chi connectivity index (χ3n) is 2.18. The fourth-order valence-corrected chi connectivity index (χ4v) is 1.51. The van der Waals surface area contributed by atoms with Gasteiger partial charge >= 0.3 is 5.97 Å². The van der Waals surface area contributed by atoms with Crippen molar-refractivity contribution in [3.05, 3.63) is 28.8 Å². The molecule has 0 aliphatic carbocycles. The van der Waals surface area contributed by atoms with Crippen LogP contribution in [-0.4, -0.2) is 26.2 Å². The fourth-order valence-electron chi connectivity index (χ4n) is 1.32. The van der Waals surface area contributed by atoms with Crippen molar-refractivity contribution in [2.24, 2.45) is 5.73 Å². The third-order valence-corrected chi connectivity index (χ3v) is 2.49.